The van der Waals surface area contributed by atoms with Crippen molar-refractivity contribution in [2.75, 3.05) is 26.7 Å². The van der Waals surface area contributed by atoms with E-state index in [1.165, 1.54) is 0 Å². The second-order valence-corrected chi connectivity index (χ2v) is 5.61. The number of nitrogens with zero attached hydrogens (tertiary/aromatic N) is 1. The molecular weight excluding hydrogens is 308 g/mol. The third kappa shape index (κ3) is 4.21. The molecule has 0 unspecified atom stereocenters. The molecule has 5 heteroatoms. The van der Waals surface area contributed by atoms with Crippen LogP contribution < -0.4 is 10.1 Å². The Hall–Kier alpha value is -1.07. The van der Waals surface area contributed by atoms with E-state index in [1.807, 2.05) is 36.2 Å². The number of ether oxygens (including phenoxy) is 1. The number of hydrogen-bond acceptors (Lipinski definition) is 3. The van der Waals surface area contributed by atoms with Crippen molar-refractivity contribution < 1.29 is 9.53 Å². The van der Waals surface area contributed by atoms with Crippen LogP contribution in [0.15, 0.2) is 28.7 Å². The number of amides is 1. The summed E-state index contributed by atoms with van der Waals surface area (Å²) in [5.74, 6) is 0.780. The molecule has 4 nitrogen and oxygen atoms in total. The van der Waals surface area contributed by atoms with Crippen LogP contribution in [0.1, 0.15) is 12.8 Å². The molecule has 0 aliphatic carbocycles. The second-order valence-electron chi connectivity index (χ2n) is 4.69. The van der Waals surface area contributed by atoms with Gasteiger partial charge in [0.05, 0.1) is 0 Å². The van der Waals surface area contributed by atoms with Crippen molar-refractivity contribution in [1.29, 1.82) is 0 Å². The van der Waals surface area contributed by atoms with E-state index in [9.17, 15) is 4.79 Å². The third-order valence-electron chi connectivity index (χ3n) is 3.41. The number of benzene rings is 1. The van der Waals surface area contributed by atoms with Gasteiger partial charge in [0, 0.05) is 23.6 Å². The lowest BCUT2D eigenvalue weighted by molar-refractivity contribution is -0.134. The molecule has 104 valence electrons. The van der Waals surface area contributed by atoms with Gasteiger partial charge in [-0.1, -0.05) is 22.0 Å². The highest BCUT2D eigenvalue weighted by Gasteiger charge is 2.21. The van der Waals surface area contributed by atoms with Crippen molar-refractivity contribution in [3.05, 3.63) is 28.7 Å². The molecule has 19 heavy (non-hydrogen) atoms. The first-order valence-electron chi connectivity index (χ1n) is 6.52. The highest BCUT2D eigenvalue weighted by Crippen LogP contribution is 2.18. The molecule has 0 saturated carbocycles. The number of carbonyl (C=O) groups is 1. The SMILES string of the molecule is CNC1CCN(C(=O)COc2cccc(Br)c2)CC1. The quantitative estimate of drug-likeness (QED) is 0.920. The number of carbonyl (C=O) groups excluding carboxylic acids is 1. The van der Waals surface area contributed by atoms with Gasteiger partial charge in [-0.15, -0.1) is 0 Å². The molecule has 1 amide bonds. The van der Waals surface area contributed by atoms with Crippen LogP contribution >= 0.6 is 15.9 Å². The van der Waals surface area contributed by atoms with Crippen LogP contribution in [0.2, 0.25) is 0 Å². The second kappa shape index (κ2) is 6.91. The standard InChI is InChI=1S/C14H19BrN2O2/c1-16-12-5-7-17(8-6-12)14(18)10-19-13-4-2-3-11(15)9-13/h2-4,9,12,16H,5-8,10H2,1H3. The van der Waals surface area contributed by atoms with E-state index in [-0.39, 0.29) is 12.5 Å². The molecule has 1 saturated heterocycles. The highest BCUT2D eigenvalue weighted by atomic mass is 79.9. The Balaban J connectivity index is 1.79. The number of rotatable bonds is 4. The molecule has 0 aromatic heterocycles. The van der Waals surface area contributed by atoms with Crippen LogP contribution in [-0.2, 0) is 4.79 Å². The third-order valence-corrected chi connectivity index (χ3v) is 3.91. The summed E-state index contributed by atoms with van der Waals surface area (Å²) in [5, 5.41) is 3.25. The fourth-order valence-electron chi connectivity index (χ4n) is 2.21. The lowest BCUT2D eigenvalue weighted by atomic mass is 10.1. The summed E-state index contributed by atoms with van der Waals surface area (Å²) in [7, 11) is 1.97. The summed E-state index contributed by atoms with van der Waals surface area (Å²) >= 11 is 3.38. The van der Waals surface area contributed by atoms with Crippen molar-refractivity contribution in [1.82, 2.24) is 10.2 Å². The van der Waals surface area contributed by atoms with Crippen LogP contribution in [0.25, 0.3) is 0 Å². The maximum absolute atomic E-state index is 12.0. The zero-order valence-electron chi connectivity index (χ0n) is 11.1. The minimum atomic E-state index is 0.0644. The van der Waals surface area contributed by atoms with Gasteiger partial charge in [-0.05, 0) is 38.1 Å². The Morgan fingerprint density at radius 1 is 1.47 bits per heavy atom. The van der Waals surface area contributed by atoms with Crippen molar-refractivity contribution in [2.24, 2.45) is 0 Å². The van der Waals surface area contributed by atoms with Gasteiger partial charge in [0.15, 0.2) is 6.61 Å². The number of halogens is 1. The lowest BCUT2D eigenvalue weighted by Crippen LogP contribution is -2.45. The first kappa shape index (κ1) is 14.3. The normalized spacial score (nSPS) is 16.4. The first-order chi connectivity index (χ1) is 9.19. The van der Waals surface area contributed by atoms with E-state index < -0.39 is 0 Å². The molecule has 1 fully saturated rings. The minimum Gasteiger partial charge on any atom is -0.484 e. The van der Waals surface area contributed by atoms with Crippen LogP contribution in [0.4, 0.5) is 0 Å². The molecule has 1 N–H and O–H groups in total. The van der Waals surface area contributed by atoms with E-state index in [1.54, 1.807) is 0 Å². The van der Waals surface area contributed by atoms with Gasteiger partial charge < -0.3 is 15.0 Å². The summed E-state index contributed by atoms with van der Waals surface area (Å²) < 4.78 is 6.47. The maximum atomic E-state index is 12.0. The fourth-order valence-corrected chi connectivity index (χ4v) is 2.59. The topological polar surface area (TPSA) is 41.6 Å². The molecule has 1 aliphatic rings. The van der Waals surface area contributed by atoms with Gasteiger partial charge in [-0.25, -0.2) is 0 Å². The lowest BCUT2D eigenvalue weighted by Gasteiger charge is -2.31. The maximum Gasteiger partial charge on any atom is 0.260 e. The molecule has 1 aromatic rings. The van der Waals surface area contributed by atoms with Crippen molar-refractivity contribution >= 4 is 21.8 Å². The Kier molecular flexibility index (Phi) is 5.22. The summed E-state index contributed by atoms with van der Waals surface area (Å²) in [6, 6.07) is 8.07. The smallest absolute Gasteiger partial charge is 0.260 e. The molecule has 0 bridgehead atoms. The Morgan fingerprint density at radius 3 is 2.84 bits per heavy atom. The molecule has 1 heterocycles. The summed E-state index contributed by atoms with van der Waals surface area (Å²) in [6.07, 6.45) is 2.03. The van der Waals surface area contributed by atoms with Gasteiger partial charge >= 0.3 is 0 Å². The van der Waals surface area contributed by atoms with Crippen LogP contribution in [0.5, 0.6) is 5.75 Å². The number of hydrogen-bond donors (Lipinski definition) is 1. The number of likely N-dealkylation sites (tertiary alicyclic amines) is 1. The Bertz CT molecular complexity index is 431. The monoisotopic (exact) mass is 326 g/mol. The summed E-state index contributed by atoms with van der Waals surface area (Å²) in [4.78, 5) is 13.9. The van der Waals surface area contributed by atoms with E-state index >= 15 is 0 Å². The molecule has 2 rings (SSSR count). The highest BCUT2D eigenvalue weighted by molar-refractivity contribution is 9.10. The zero-order chi connectivity index (χ0) is 13.7. The minimum absolute atomic E-state index is 0.0644. The molecule has 0 atom stereocenters. The predicted octanol–water partition coefficient (Wildman–Crippen LogP) is 2.04. The average molecular weight is 327 g/mol. The molecule has 1 aliphatic heterocycles. The predicted molar refractivity (Wildman–Crippen MR) is 78.3 cm³/mol. The van der Waals surface area contributed by atoms with Gasteiger partial charge in [0.25, 0.3) is 5.91 Å². The zero-order valence-corrected chi connectivity index (χ0v) is 12.6. The van der Waals surface area contributed by atoms with Gasteiger partial charge in [-0.3, -0.25) is 4.79 Å². The first-order valence-corrected chi connectivity index (χ1v) is 7.32. The van der Waals surface area contributed by atoms with Crippen LogP contribution in [-0.4, -0.2) is 43.6 Å². The van der Waals surface area contributed by atoms with Gasteiger partial charge in [0.1, 0.15) is 5.75 Å². The molecule has 0 radical (unpaired) electrons. The van der Waals surface area contributed by atoms with Crippen LogP contribution in [0.3, 0.4) is 0 Å². The molecule has 1 aromatic carbocycles. The van der Waals surface area contributed by atoms with E-state index in [0.717, 1.165) is 30.4 Å². The molecule has 0 spiro atoms. The van der Waals surface area contributed by atoms with Crippen molar-refractivity contribution in [3.8, 4) is 5.75 Å². The fraction of sp³-hybridized carbons (Fsp3) is 0.500. The number of nitrogens with one attached hydrogen (secondary N) is 1. The Morgan fingerprint density at radius 2 is 2.21 bits per heavy atom. The Labute approximate surface area is 122 Å². The van der Waals surface area contributed by atoms with E-state index in [0.29, 0.717) is 11.8 Å². The van der Waals surface area contributed by atoms with Crippen molar-refractivity contribution in [3.63, 3.8) is 0 Å². The summed E-state index contributed by atoms with van der Waals surface area (Å²) in [5.41, 5.74) is 0. The van der Waals surface area contributed by atoms with Gasteiger partial charge in [0.2, 0.25) is 0 Å². The van der Waals surface area contributed by atoms with Crippen molar-refractivity contribution in [2.45, 2.75) is 18.9 Å². The van der Waals surface area contributed by atoms with Crippen LogP contribution in [0, 0.1) is 0 Å². The molecular formula is C14H19BrN2O2. The van der Waals surface area contributed by atoms with E-state index in [4.69, 9.17) is 4.74 Å². The van der Waals surface area contributed by atoms with E-state index in [2.05, 4.69) is 21.2 Å². The van der Waals surface area contributed by atoms with Gasteiger partial charge in [-0.2, -0.15) is 0 Å². The number of piperidine rings is 1. The summed E-state index contributed by atoms with van der Waals surface area (Å²) in [6.45, 7) is 1.74. The largest absolute Gasteiger partial charge is 0.484 e. The average Bonchev–Trinajstić information content (AvgIpc) is 2.45.